The number of aromatic hydroxyl groups is 1. The van der Waals surface area contributed by atoms with E-state index in [2.05, 4.69) is 20.9 Å². The fourth-order valence-corrected chi connectivity index (χ4v) is 4.24. The number of pyridine rings is 2. The van der Waals surface area contributed by atoms with Crippen molar-refractivity contribution < 1.29 is 28.2 Å². The van der Waals surface area contributed by atoms with Gasteiger partial charge in [-0.1, -0.05) is 22.0 Å². The van der Waals surface area contributed by atoms with E-state index in [0.29, 0.717) is 27.5 Å². The first-order valence-corrected chi connectivity index (χ1v) is 9.21. The van der Waals surface area contributed by atoms with E-state index in [1.54, 1.807) is 6.07 Å². The van der Waals surface area contributed by atoms with Crippen LogP contribution >= 0.6 is 15.9 Å². The van der Waals surface area contributed by atoms with E-state index in [1.807, 2.05) is 0 Å². The van der Waals surface area contributed by atoms with Crippen molar-refractivity contribution >= 4 is 32.8 Å². The molecule has 0 aliphatic carbocycles. The lowest BCUT2D eigenvalue weighted by Crippen LogP contribution is -2.32. The van der Waals surface area contributed by atoms with Gasteiger partial charge in [0.2, 0.25) is 0 Å². The van der Waals surface area contributed by atoms with E-state index >= 15 is 0 Å². The summed E-state index contributed by atoms with van der Waals surface area (Å²) in [5.74, 6) is -2.55. The molecule has 10 heteroatoms. The Morgan fingerprint density at radius 3 is 2.59 bits per heavy atom. The molecule has 1 aliphatic rings. The van der Waals surface area contributed by atoms with Crippen LogP contribution in [0.4, 0.5) is 13.2 Å². The molecule has 2 N–H and O–H groups in total. The zero-order valence-corrected chi connectivity index (χ0v) is 16.1. The predicted molar refractivity (Wildman–Crippen MR) is 100 cm³/mol. The highest BCUT2D eigenvalue weighted by molar-refractivity contribution is 9.10. The van der Waals surface area contributed by atoms with Crippen molar-refractivity contribution in [1.29, 1.82) is 0 Å². The van der Waals surface area contributed by atoms with Crippen molar-refractivity contribution in [2.75, 3.05) is 0 Å². The summed E-state index contributed by atoms with van der Waals surface area (Å²) in [7, 11) is 0. The molecule has 1 aromatic carbocycles. The van der Waals surface area contributed by atoms with Gasteiger partial charge >= 0.3 is 12.1 Å². The second-order valence-corrected chi connectivity index (χ2v) is 7.70. The summed E-state index contributed by atoms with van der Waals surface area (Å²) in [6.45, 7) is 0.0531. The number of benzene rings is 1. The van der Waals surface area contributed by atoms with Gasteiger partial charge in [-0.2, -0.15) is 13.2 Å². The molecule has 2 aromatic heterocycles. The Bertz CT molecular complexity index is 1220. The second kappa shape index (κ2) is 6.58. The molecule has 0 saturated carbocycles. The minimum absolute atomic E-state index is 0.0531. The fourth-order valence-electron chi connectivity index (χ4n) is 3.74. The molecule has 3 aromatic rings. The Hall–Kier alpha value is -2.88. The van der Waals surface area contributed by atoms with Crippen molar-refractivity contribution in [1.82, 2.24) is 9.55 Å². The lowest BCUT2D eigenvalue weighted by molar-refractivity contribution is -0.141. The monoisotopic (exact) mass is 468 g/mol. The summed E-state index contributed by atoms with van der Waals surface area (Å²) in [6.07, 6.45) is -3.05. The summed E-state index contributed by atoms with van der Waals surface area (Å²) in [6, 6.07) is 5.45. The first-order valence-electron chi connectivity index (χ1n) is 8.42. The van der Waals surface area contributed by atoms with Gasteiger partial charge in [-0.3, -0.25) is 9.78 Å². The third-order valence-electron chi connectivity index (χ3n) is 5.01. The SMILES string of the molecule is O=C(O)c1c(O)c2cc(Br)cc3c2n(c1=O)CC(c1ccc(C(F)(F)F)nc1)C3. The molecule has 0 bridgehead atoms. The van der Waals surface area contributed by atoms with Crippen molar-refractivity contribution in [3.63, 3.8) is 0 Å². The summed E-state index contributed by atoms with van der Waals surface area (Å²) >= 11 is 3.31. The van der Waals surface area contributed by atoms with Gasteiger partial charge in [0.05, 0.1) is 5.52 Å². The maximum Gasteiger partial charge on any atom is 0.433 e. The van der Waals surface area contributed by atoms with Gasteiger partial charge in [-0.05, 0) is 35.7 Å². The lowest BCUT2D eigenvalue weighted by Gasteiger charge is -2.28. The van der Waals surface area contributed by atoms with Crippen LogP contribution in [-0.4, -0.2) is 25.7 Å². The van der Waals surface area contributed by atoms with Crippen LogP contribution < -0.4 is 5.56 Å². The van der Waals surface area contributed by atoms with E-state index in [0.717, 1.165) is 12.3 Å². The van der Waals surface area contributed by atoms with Crippen LogP contribution in [0.3, 0.4) is 0 Å². The van der Waals surface area contributed by atoms with E-state index in [4.69, 9.17) is 0 Å². The number of halogens is 4. The molecule has 0 spiro atoms. The highest BCUT2D eigenvalue weighted by Crippen LogP contribution is 2.38. The van der Waals surface area contributed by atoms with Crippen LogP contribution in [0.5, 0.6) is 5.75 Å². The number of nitrogens with zero attached hydrogens (tertiary/aromatic N) is 2. The van der Waals surface area contributed by atoms with E-state index < -0.39 is 40.6 Å². The molecule has 1 aliphatic heterocycles. The number of carboxylic acids is 1. The standard InChI is InChI=1S/C19H12BrF3N2O4/c20-11-4-9-3-10(8-1-2-13(24-6-8)19(21,22)23)7-25-15(9)12(5-11)16(26)14(17(25)27)18(28)29/h1-2,4-6,10,26H,3,7H2,(H,28,29). The zero-order valence-electron chi connectivity index (χ0n) is 14.5. The highest BCUT2D eigenvalue weighted by atomic mass is 79.9. The third-order valence-corrected chi connectivity index (χ3v) is 5.46. The molecule has 0 fully saturated rings. The van der Waals surface area contributed by atoms with E-state index in [1.165, 1.54) is 16.7 Å². The molecule has 0 saturated heterocycles. The number of carboxylic acid groups (broad SMARTS) is 1. The smallest absolute Gasteiger partial charge is 0.433 e. The van der Waals surface area contributed by atoms with Crippen LogP contribution in [0, 0.1) is 0 Å². The normalized spacial score (nSPS) is 16.2. The number of aromatic nitrogens is 2. The Labute approximate surface area is 169 Å². The molecule has 0 radical (unpaired) electrons. The first-order chi connectivity index (χ1) is 13.6. The summed E-state index contributed by atoms with van der Waals surface area (Å²) in [5.41, 5.74) is -1.05. The zero-order chi connectivity index (χ0) is 21.1. The fraction of sp³-hybridized carbons (Fsp3) is 0.211. The Kier molecular flexibility index (Phi) is 4.41. The molecule has 1 atom stereocenters. The average Bonchev–Trinajstić information content (AvgIpc) is 2.64. The topological polar surface area (TPSA) is 92.4 Å². The molecule has 150 valence electrons. The van der Waals surface area contributed by atoms with Crippen molar-refractivity contribution in [3.05, 3.63) is 67.7 Å². The largest absolute Gasteiger partial charge is 0.506 e. The predicted octanol–water partition coefficient (Wildman–Crippen LogP) is 3.92. The molecule has 29 heavy (non-hydrogen) atoms. The number of carbonyl (C=O) groups is 1. The van der Waals surface area contributed by atoms with E-state index in [9.17, 15) is 33.0 Å². The number of alkyl halides is 3. The van der Waals surface area contributed by atoms with E-state index in [-0.39, 0.29) is 11.9 Å². The summed E-state index contributed by atoms with van der Waals surface area (Å²) < 4.78 is 40.1. The maximum atomic E-state index is 12.8. The van der Waals surface area contributed by atoms with Crippen molar-refractivity contribution in [3.8, 4) is 5.75 Å². The van der Waals surface area contributed by atoms with Gasteiger partial charge in [0.25, 0.3) is 5.56 Å². The van der Waals surface area contributed by atoms with Crippen LogP contribution in [0.15, 0.2) is 39.7 Å². The molecule has 0 amide bonds. The summed E-state index contributed by atoms with van der Waals surface area (Å²) in [5, 5.41) is 19.9. The van der Waals surface area contributed by atoms with Gasteiger partial charge in [0, 0.05) is 28.5 Å². The number of hydrogen-bond donors (Lipinski definition) is 2. The number of hydrogen-bond acceptors (Lipinski definition) is 4. The maximum absolute atomic E-state index is 12.8. The molecular weight excluding hydrogens is 457 g/mol. The average molecular weight is 469 g/mol. The van der Waals surface area contributed by atoms with Crippen molar-refractivity contribution in [2.45, 2.75) is 25.1 Å². The van der Waals surface area contributed by atoms with Gasteiger partial charge in [-0.15, -0.1) is 0 Å². The second-order valence-electron chi connectivity index (χ2n) is 6.78. The molecule has 3 heterocycles. The Balaban J connectivity index is 1.88. The van der Waals surface area contributed by atoms with Crippen LogP contribution in [-0.2, 0) is 19.1 Å². The molecular formula is C19H12BrF3N2O4. The quantitative estimate of drug-likeness (QED) is 0.594. The van der Waals surface area contributed by atoms with Crippen LogP contribution in [0.1, 0.15) is 33.1 Å². The van der Waals surface area contributed by atoms with Gasteiger partial charge in [0.15, 0.2) is 5.56 Å². The Morgan fingerprint density at radius 1 is 1.28 bits per heavy atom. The van der Waals surface area contributed by atoms with Gasteiger partial charge < -0.3 is 14.8 Å². The minimum Gasteiger partial charge on any atom is -0.506 e. The molecule has 6 nitrogen and oxygen atoms in total. The third kappa shape index (κ3) is 3.17. The lowest BCUT2D eigenvalue weighted by atomic mass is 9.88. The number of rotatable bonds is 2. The highest BCUT2D eigenvalue weighted by Gasteiger charge is 2.33. The van der Waals surface area contributed by atoms with Gasteiger partial charge in [0.1, 0.15) is 11.4 Å². The van der Waals surface area contributed by atoms with Crippen molar-refractivity contribution in [2.24, 2.45) is 0 Å². The van der Waals surface area contributed by atoms with Gasteiger partial charge in [-0.25, -0.2) is 4.79 Å². The molecule has 1 unspecified atom stereocenters. The summed E-state index contributed by atoms with van der Waals surface area (Å²) in [4.78, 5) is 27.8. The minimum atomic E-state index is -4.56. The number of aromatic carboxylic acids is 1. The first kappa shape index (κ1) is 19.4. The van der Waals surface area contributed by atoms with Crippen LogP contribution in [0.2, 0.25) is 0 Å². The van der Waals surface area contributed by atoms with Crippen LogP contribution in [0.25, 0.3) is 10.9 Å². The molecule has 4 rings (SSSR count). The Morgan fingerprint density at radius 2 is 2.00 bits per heavy atom.